The molecule has 3 aromatic rings. The minimum Gasteiger partial charge on any atom is -0.478 e. The van der Waals surface area contributed by atoms with Crippen molar-refractivity contribution in [1.82, 2.24) is 0 Å². The second kappa shape index (κ2) is 10.3. The lowest BCUT2D eigenvalue weighted by atomic mass is 10.1. The number of hydrogen-bond acceptors (Lipinski definition) is 4. The topological polar surface area (TPSA) is 118 Å². The van der Waals surface area contributed by atoms with Gasteiger partial charge >= 0.3 is 11.9 Å². The van der Waals surface area contributed by atoms with Gasteiger partial charge in [-0.05, 0) is 54.4 Å². The first-order valence-electron chi connectivity index (χ1n) is 8.66. The lowest BCUT2D eigenvalue weighted by Gasteiger charge is -2.03. The van der Waals surface area contributed by atoms with Gasteiger partial charge in [0.2, 0.25) is 0 Å². The van der Waals surface area contributed by atoms with Crippen molar-refractivity contribution in [2.75, 3.05) is 0 Å². The van der Waals surface area contributed by atoms with Gasteiger partial charge in [-0.25, -0.2) is 13.8 Å². The van der Waals surface area contributed by atoms with Gasteiger partial charge in [-0.1, -0.05) is 36.4 Å². The van der Waals surface area contributed by atoms with Gasteiger partial charge in [0, 0.05) is 16.3 Å². The maximum Gasteiger partial charge on any atom is 0.335 e. The van der Waals surface area contributed by atoms with Crippen LogP contribution < -0.4 is 5.73 Å². The molecule has 0 radical (unpaired) electrons. The SMILES string of the molecule is Cc1ccc(C(=O)O)cc1C(=O)O.NCc1ccc(S(=O)c2ccccc2)cc1. The van der Waals surface area contributed by atoms with Gasteiger partial charge in [0.1, 0.15) is 0 Å². The molecule has 0 aliphatic carbocycles. The zero-order valence-electron chi connectivity index (χ0n) is 15.7. The number of aromatic carboxylic acids is 2. The van der Waals surface area contributed by atoms with E-state index in [2.05, 4.69) is 0 Å². The van der Waals surface area contributed by atoms with Crippen LogP contribution in [0.4, 0.5) is 0 Å². The highest BCUT2D eigenvalue weighted by atomic mass is 32.2. The number of rotatable bonds is 5. The third-order valence-corrected chi connectivity index (χ3v) is 5.45. The maximum absolute atomic E-state index is 12.1. The second-order valence-corrected chi connectivity index (χ2v) is 7.55. The molecule has 3 rings (SSSR count). The van der Waals surface area contributed by atoms with Crippen molar-refractivity contribution >= 4 is 22.7 Å². The molecule has 150 valence electrons. The van der Waals surface area contributed by atoms with Crippen LogP contribution in [0, 0.1) is 6.92 Å². The quantitative estimate of drug-likeness (QED) is 0.589. The molecule has 1 unspecified atom stereocenters. The molecule has 0 spiro atoms. The average molecular weight is 411 g/mol. The van der Waals surface area contributed by atoms with Gasteiger partial charge in [-0.3, -0.25) is 0 Å². The maximum atomic E-state index is 12.1. The number of carboxylic acid groups (broad SMARTS) is 2. The monoisotopic (exact) mass is 411 g/mol. The summed E-state index contributed by atoms with van der Waals surface area (Å²) in [5, 5.41) is 17.3. The molecular formula is C22H21NO5S. The molecule has 7 heteroatoms. The fraction of sp³-hybridized carbons (Fsp3) is 0.0909. The predicted molar refractivity (Wildman–Crippen MR) is 111 cm³/mol. The van der Waals surface area contributed by atoms with Gasteiger partial charge in [-0.2, -0.15) is 0 Å². The number of nitrogens with two attached hydrogens (primary N) is 1. The zero-order chi connectivity index (χ0) is 21.4. The number of carbonyl (C=O) groups is 2. The standard InChI is InChI=1S/C13H13NOS.C9H8O4/c14-10-11-6-8-13(9-7-11)16(15)12-4-2-1-3-5-12;1-5-2-3-6(8(10)11)4-7(5)9(12)13/h1-9H,10,14H2;2-4H,1H3,(H,10,11)(H,12,13). The Hall–Kier alpha value is -3.29. The molecule has 0 aliphatic heterocycles. The largest absolute Gasteiger partial charge is 0.478 e. The predicted octanol–water partition coefficient (Wildman–Crippen LogP) is 3.70. The number of hydrogen-bond donors (Lipinski definition) is 3. The van der Waals surface area contributed by atoms with Crippen molar-refractivity contribution < 1.29 is 24.0 Å². The summed E-state index contributed by atoms with van der Waals surface area (Å²) in [4.78, 5) is 22.7. The van der Waals surface area contributed by atoms with Crippen molar-refractivity contribution in [3.8, 4) is 0 Å². The molecule has 1 atom stereocenters. The lowest BCUT2D eigenvalue weighted by molar-refractivity contribution is 0.0695. The smallest absolute Gasteiger partial charge is 0.335 e. The second-order valence-electron chi connectivity index (χ2n) is 6.07. The van der Waals surface area contributed by atoms with Crippen molar-refractivity contribution in [3.05, 3.63) is 95.1 Å². The summed E-state index contributed by atoms with van der Waals surface area (Å²) in [6, 6.07) is 21.0. The molecule has 29 heavy (non-hydrogen) atoms. The molecular weight excluding hydrogens is 390 g/mol. The number of aryl methyl sites for hydroxylation is 1. The van der Waals surface area contributed by atoms with E-state index in [9.17, 15) is 13.8 Å². The Kier molecular flexibility index (Phi) is 7.82. The molecule has 4 N–H and O–H groups in total. The van der Waals surface area contributed by atoms with E-state index in [4.69, 9.17) is 15.9 Å². The van der Waals surface area contributed by atoms with Crippen LogP contribution >= 0.6 is 0 Å². The first kappa shape index (κ1) is 22.0. The van der Waals surface area contributed by atoms with Crippen LogP contribution in [0.1, 0.15) is 31.8 Å². The third kappa shape index (κ3) is 6.10. The summed E-state index contributed by atoms with van der Waals surface area (Å²) in [6.07, 6.45) is 0. The van der Waals surface area contributed by atoms with E-state index < -0.39 is 22.7 Å². The highest BCUT2D eigenvalue weighted by Crippen LogP contribution is 2.16. The van der Waals surface area contributed by atoms with Gasteiger partial charge < -0.3 is 15.9 Å². The van der Waals surface area contributed by atoms with Crippen LogP contribution in [-0.4, -0.2) is 26.4 Å². The summed E-state index contributed by atoms with van der Waals surface area (Å²) in [5.74, 6) is -2.23. The minimum atomic E-state index is -1.12. The fourth-order valence-electron chi connectivity index (χ4n) is 2.41. The Bertz CT molecular complexity index is 1020. The molecule has 3 aromatic carbocycles. The molecule has 0 fully saturated rings. The van der Waals surface area contributed by atoms with Crippen LogP contribution in [0.2, 0.25) is 0 Å². The normalized spacial score (nSPS) is 11.1. The van der Waals surface area contributed by atoms with Crippen molar-refractivity contribution in [1.29, 1.82) is 0 Å². The average Bonchev–Trinajstić information content (AvgIpc) is 2.74. The van der Waals surface area contributed by atoms with Crippen LogP contribution in [-0.2, 0) is 17.3 Å². The highest BCUT2D eigenvalue weighted by Gasteiger charge is 2.10. The highest BCUT2D eigenvalue weighted by molar-refractivity contribution is 7.85. The Balaban J connectivity index is 0.000000212. The molecule has 0 heterocycles. The molecule has 0 saturated carbocycles. The summed E-state index contributed by atoms with van der Waals surface area (Å²) < 4.78 is 12.1. The summed E-state index contributed by atoms with van der Waals surface area (Å²) in [7, 11) is -1.10. The third-order valence-electron chi connectivity index (χ3n) is 4.05. The van der Waals surface area contributed by atoms with E-state index in [1.165, 1.54) is 12.1 Å². The van der Waals surface area contributed by atoms with E-state index in [1.807, 2.05) is 54.6 Å². The molecule has 0 amide bonds. The number of benzene rings is 3. The van der Waals surface area contributed by atoms with E-state index in [0.29, 0.717) is 12.1 Å². The first-order chi connectivity index (χ1) is 13.8. The van der Waals surface area contributed by atoms with Crippen molar-refractivity contribution in [3.63, 3.8) is 0 Å². The van der Waals surface area contributed by atoms with E-state index in [0.717, 1.165) is 21.4 Å². The van der Waals surface area contributed by atoms with Gasteiger partial charge in [0.15, 0.2) is 0 Å². The van der Waals surface area contributed by atoms with Crippen LogP contribution in [0.5, 0.6) is 0 Å². The fourth-order valence-corrected chi connectivity index (χ4v) is 3.47. The van der Waals surface area contributed by atoms with Gasteiger partial charge in [-0.15, -0.1) is 0 Å². The summed E-state index contributed by atoms with van der Waals surface area (Å²) >= 11 is 0. The Morgan fingerprint density at radius 2 is 1.45 bits per heavy atom. The lowest BCUT2D eigenvalue weighted by Crippen LogP contribution is -2.03. The Labute approximate surface area is 171 Å². The zero-order valence-corrected chi connectivity index (χ0v) is 16.6. The Morgan fingerprint density at radius 3 is 1.97 bits per heavy atom. The Morgan fingerprint density at radius 1 is 0.862 bits per heavy atom. The van der Waals surface area contributed by atoms with Crippen molar-refractivity contribution in [2.45, 2.75) is 23.3 Å². The molecule has 0 aromatic heterocycles. The van der Waals surface area contributed by atoms with Crippen LogP contribution in [0.3, 0.4) is 0 Å². The summed E-state index contributed by atoms with van der Waals surface area (Å²) in [5.41, 5.74) is 7.13. The van der Waals surface area contributed by atoms with Gasteiger partial charge in [0.05, 0.1) is 21.9 Å². The van der Waals surface area contributed by atoms with Crippen LogP contribution in [0.15, 0.2) is 82.6 Å². The van der Waals surface area contributed by atoms with Crippen molar-refractivity contribution in [2.24, 2.45) is 5.73 Å². The molecule has 0 bridgehead atoms. The minimum absolute atomic E-state index is 0.0111. The van der Waals surface area contributed by atoms with E-state index in [1.54, 1.807) is 6.92 Å². The molecule has 0 aliphatic rings. The summed E-state index contributed by atoms with van der Waals surface area (Å²) in [6.45, 7) is 2.13. The van der Waals surface area contributed by atoms with Gasteiger partial charge in [0.25, 0.3) is 0 Å². The van der Waals surface area contributed by atoms with E-state index in [-0.39, 0.29) is 11.1 Å². The van der Waals surface area contributed by atoms with E-state index >= 15 is 0 Å². The molecule has 6 nitrogen and oxygen atoms in total. The first-order valence-corrected chi connectivity index (χ1v) is 9.81. The molecule has 0 saturated heterocycles. The van der Waals surface area contributed by atoms with Crippen LogP contribution in [0.25, 0.3) is 0 Å². The number of carboxylic acids is 2.